The highest BCUT2D eigenvalue weighted by atomic mass is 19.2. The number of anilines is 1. The number of hydrogen-bond donors (Lipinski definition) is 3. The van der Waals surface area contributed by atoms with Gasteiger partial charge in [-0.2, -0.15) is 0 Å². The number of carbonyl (C=O) groups is 1. The zero-order valence-corrected chi connectivity index (χ0v) is 21.7. The largest absolute Gasteiger partial charge is 0.457 e. The zero-order chi connectivity index (χ0) is 28.1. The first-order chi connectivity index (χ1) is 19.4. The van der Waals surface area contributed by atoms with Crippen molar-refractivity contribution in [1.82, 2.24) is 19.9 Å². The minimum absolute atomic E-state index is 0.190. The predicted molar refractivity (Wildman–Crippen MR) is 149 cm³/mol. The molecular formula is C30H27F2N5O3. The summed E-state index contributed by atoms with van der Waals surface area (Å²) in [4.78, 5) is 31.8. The molecule has 2 heterocycles. The van der Waals surface area contributed by atoms with Gasteiger partial charge in [-0.3, -0.25) is 9.36 Å². The van der Waals surface area contributed by atoms with Crippen LogP contribution in [0.5, 0.6) is 11.5 Å². The molecule has 0 aliphatic carbocycles. The highest BCUT2D eigenvalue weighted by Crippen LogP contribution is 2.27. The number of H-pyrrole nitrogens is 1. The van der Waals surface area contributed by atoms with Crippen LogP contribution < -0.4 is 21.1 Å². The van der Waals surface area contributed by atoms with E-state index >= 15 is 0 Å². The summed E-state index contributed by atoms with van der Waals surface area (Å²) < 4.78 is 34.2. The number of rotatable bonds is 10. The highest BCUT2D eigenvalue weighted by Gasteiger charge is 2.13. The lowest BCUT2D eigenvalue weighted by Gasteiger charge is -2.14. The Balaban J connectivity index is 1.20. The van der Waals surface area contributed by atoms with E-state index in [2.05, 4.69) is 20.6 Å². The van der Waals surface area contributed by atoms with Gasteiger partial charge in [0.2, 0.25) is 0 Å². The number of fused-ring (bicyclic) bond motifs is 1. The predicted octanol–water partition coefficient (Wildman–Crippen LogP) is 4.96. The fourth-order valence-electron chi connectivity index (χ4n) is 4.37. The van der Waals surface area contributed by atoms with E-state index in [-0.39, 0.29) is 18.1 Å². The van der Waals surface area contributed by atoms with E-state index in [9.17, 15) is 18.4 Å². The second-order valence-electron chi connectivity index (χ2n) is 9.21. The maximum atomic E-state index is 13.4. The molecule has 0 spiro atoms. The smallest absolute Gasteiger partial charge is 0.326 e. The molecule has 0 saturated heterocycles. The summed E-state index contributed by atoms with van der Waals surface area (Å²) in [7, 11) is 1.71. The van der Waals surface area contributed by atoms with Crippen LogP contribution >= 0.6 is 0 Å². The van der Waals surface area contributed by atoms with Gasteiger partial charge in [0.15, 0.2) is 11.6 Å². The molecule has 1 amide bonds. The summed E-state index contributed by atoms with van der Waals surface area (Å²) >= 11 is 0. The van der Waals surface area contributed by atoms with Gasteiger partial charge in [-0.15, -0.1) is 0 Å². The van der Waals surface area contributed by atoms with Gasteiger partial charge in [-0.05, 0) is 66.4 Å². The van der Waals surface area contributed by atoms with Crippen molar-refractivity contribution >= 4 is 22.8 Å². The minimum Gasteiger partial charge on any atom is -0.457 e. The molecule has 3 aromatic carbocycles. The molecule has 0 fully saturated rings. The number of carbonyl (C=O) groups excluding carboxylic acids is 1. The number of aryl methyl sites for hydroxylation is 1. The number of aromatic nitrogens is 3. The molecule has 40 heavy (non-hydrogen) atoms. The Labute approximate surface area is 228 Å². The Morgan fingerprint density at radius 1 is 0.975 bits per heavy atom. The van der Waals surface area contributed by atoms with Crippen molar-refractivity contribution in [3.63, 3.8) is 0 Å². The van der Waals surface area contributed by atoms with E-state index in [0.29, 0.717) is 53.3 Å². The van der Waals surface area contributed by atoms with Crippen LogP contribution in [0.15, 0.2) is 83.8 Å². The van der Waals surface area contributed by atoms with E-state index in [4.69, 9.17) is 4.74 Å². The van der Waals surface area contributed by atoms with Crippen molar-refractivity contribution in [1.29, 1.82) is 0 Å². The summed E-state index contributed by atoms with van der Waals surface area (Å²) in [6.07, 6.45) is 2.55. The van der Waals surface area contributed by atoms with E-state index in [1.807, 2.05) is 36.4 Å². The van der Waals surface area contributed by atoms with E-state index in [1.54, 1.807) is 31.4 Å². The molecule has 0 aliphatic rings. The molecule has 204 valence electrons. The van der Waals surface area contributed by atoms with Crippen LogP contribution in [-0.4, -0.2) is 33.5 Å². The number of ether oxygens (including phenoxy) is 1. The Hall–Kier alpha value is -4.99. The fourth-order valence-corrected chi connectivity index (χ4v) is 4.37. The summed E-state index contributed by atoms with van der Waals surface area (Å²) in [5, 5.41) is 6.03. The highest BCUT2D eigenvalue weighted by molar-refractivity contribution is 5.98. The summed E-state index contributed by atoms with van der Waals surface area (Å²) in [5.41, 5.74) is 3.20. The van der Waals surface area contributed by atoms with Gasteiger partial charge in [0.1, 0.15) is 17.3 Å². The average Bonchev–Trinajstić information content (AvgIpc) is 3.24. The van der Waals surface area contributed by atoms with E-state index in [0.717, 1.165) is 23.2 Å². The number of amides is 1. The molecule has 3 N–H and O–H groups in total. The third-order valence-corrected chi connectivity index (χ3v) is 6.50. The first-order valence-corrected chi connectivity index (χ1v) is 12.7. The second kappa shape index (κ2) is 11.8. The van der Waals surface area contributed by atoms with Crippen LogP contribution in [0, 0.1) is 11.6 Å². The monoisotopic (exact) mass is 543 g/mol. The number of imidazole rings is 1. The Kier molecular flexibility index (Phi) is 7.86. The first kappa shape index (κ1) is 26.6. The van der Waals surface area contributed by atoms with Gasteiger partial charge in [-0.1, -0.05) is 24.3 Å². The molecule has 0 atom stereocenters. The van der Waals surface area contributed by atoms with Crippen molar-refractivity contribution in [2.45, 2.75) is 12.8 Å². The Morgan fingerprint density at radius 2 is 1.82 bits per heavy atom. The number of nitrogens with one attached hydrogen (secondary N) is 3. The topological polar surface area (TPSA) is 101 Å². The maximum Gasteiger partial charge on any atom is 0.326 e. The number of halogens is 2. The molecule has 5 aromatic rings. The SMILES string of the molecule is Cn1c(=O)[nH]c2cc(Oc3ccccc3CCNc3ncccc3C(=O)NCCc3ccc(F)c(F)c3)ccc21. The van der Waals surface area contributed by atoms with E-state index in [1.165, 1.54) is 10.6 Å². The van der Waals surface area contributed by atoms with Crippen LogP contribution in [0.3, 0.4) is 0 Å². The van der Waals surface area contributed by atoms with Crippen molar-refractivity contribution in [2.24, 2.45) is 7.05 Å². The van der Waals surface area contributed by atoms with E-state index < -0.39 is 11.6 Å². The second-order valence-corrected chi connectivity index (χ2v) is 9.21. The lowest BCUT2D eigenvalue weighted by Crippen LogP contribution is -2.27. The standard InChI is InChI=1S/C30H27F2N5O3/c1-37-26-11-9-21(18-25(26)36-30(37)39)40-27-7-3-2-5-20(27)13-16-34-28-22(6-4-14-33-28)29(38)35-15-12-19-8-10-23(31)24(32)17-19/h2-11,14,17-18H,12-13,15-16H2,1H3,(H,33,34)(H,35,38)(H,36,39). The molecule has 0 unspecified atom stereocenters. The molecular weight excluding hydrogens is 516 g/mol. The van der Waals surface area contributed by atoms with Gasteiger partial charge in [-0.25, -0.2) is 18.6 Å². The number of para-hydroxylation sites is 1. The maximum absolute atomic E-state index is 13.4. The third-order valence-electron chi connectivity index (χ3n) is 6.50. The molecule has 2 aromatic heterocycles. The average molecular weight is 544 g/mol. The normalized spacial score (nSPS) is 11.0. The number of nitrogens with zero attached hydrogens (tertiary/aromatic N) is 2. The summed E-state index contributed by atoms with van der Waals surface area (Å²) in [6.45, 7) is 0.739. The zero-order valence-electron chi connectivity index (χ0n) is 21.7. The Morgan fingerprint density at radius 3 is 2.67 bits per heavy atom. The van der Waals surface area contributed by atoms with Crippen LogP contribution in [0.25, 0.3) is 11.0 Å². The molecule has 0 bridgehead atoms. The van der Waals surface area contributed by atoms with Crippen LogP contribution in [0.2, 0.25) is 0 Å². The number of hydrogen-bond acceptors (Lipinski definition) is 5. The summed E-state index contributed by atoms with van der Waals surface area (Å²) in [5.74, 6) is -0.427. The molecule has 8 nitrogen and oxygen atoms in total. The lowest BCUT2D eigenvalue weighted by atomic mass is 10.1. The number of aromatic amines is 1. The van der Waals surface area contributed by atoms with Crippen molar-refractivity contribution in [3.05, 3.63) is 118 Å². The van der Waals surface area contributed by atoms with Crippen LogP contribution in [-0.2, 0) is 19.9 Å². The van der Waals surface area contributed by atoms with Gasteiger partial charge in [0.25, 0.3) is 5.91 Å². The van der Waals surface area contributed by atoms with Crippen molar-refractivity contribution < 1.29 is 18.3 Å². The summed E-state index contributed by atoms with van der Waals surface area (Å²) in [6, 6.07) is 20.1. The number of pyridine rings is 1. The van der Waals surface area contributed by atoms with Gasteiger partial charge in [0.05, 0.1) is 16.6 Å². The lowest BCUT2D eigenvalue weighted by molar-refractivity contribution is 0.0954. The fraction of sp³-hybridized carbons (Fsp3) is 0.167. The van der Waals surface area contributed by atoms with Crippen LogP contribution in [0.1, 0.15) is 21.5 Å². The molecule has 0 aliphatic heterocycles. The van der Waals surface area contributed by atoms with Gasteiger partial charge < -0.3 is 20.4 Å². The quantitative estimate of drug-likeness (QED) is 0.231. The minimum atomic E-state index is -0.914. The molecule has 0 radical (unpaired) electrons. The van der Waals surface area contributed by atoms with Crippen LogP contribution in [0.4, 0.5) is 14.6 Å². The Bertz CT molecular complexity index is 1730. The van der Waals surface area contributed by atoms with Crippen molar-refractivity contribution in [3.8, 4) is 11.5 Å². The van der Waals surface area contributed by atoms with Gasteiger partial charge >= 0.3 is 5.69 Å². The number of benzene rings is 3. The van der Waals surface area contributed by atoms with Gasteiger partial charge in [0, 0.05) is 32.4 Å². The van der Waals surface area contributed by atoms with Crippen molar-refractivity contribution in [2.75, 3.05) is 18.4 Å². The molecule has 5 rings (SSSR count). The first-order valence-electron chi connectivity index (χ1n) is 12.7. The molecule has 10 heteroatoms. The third kappa shape index (κ3) is 6.01. The molecule has 0 saturated carbocycles.